The Hall–Kier alpha value is 0.649. The molecule has 1 aliphatic carbocycles. The van der Waals surface area contributed by atoms with Crippen LogP contribution in [0.25, 0.3) is 0 Å². The van der Waals surface area contributed by atoms with Gasteiger partial charge >= 0.3 is 0 Å². The summed E-state index contributed by atoms with van der Waals surface area (Å²) in [4.78, 5) is 0. The van der Waals surface area contributed by atoms with E-state index in [1.807, 2.05) is 0 Å². The third-order valence-corrected chi connectivity index (χ3v) is 1.32. The van der Waals surface area contributed by atoms with Crippen LogP contribution < -0.4 is 0 Å². The van der Waals surface area contributed by atoms with E-state index in [0.717, 1.165) is 0 Å². The monoisotopic (exact) mass is 276 g/mol. The molecule has 0 N–H and O–H groups in total. The summed E-state index contributed by atoms with van der Waals surface area (Å²) in [6, 6.07) is 0. The molecule has 0 amide bonds. The average Bonchev–Trinajstić information content (AvgIpc) is 1.72. The van der Waals surface area contributed by atoms with Gasteiger partial charge in [-0.05, 0) is 0 Å². The van der Waals surface area contributed by atoms with Crippen molar-refractivity contribution in [3.63, 3.8) is 0 Å². The zero-order valence-corrected chi connectivity index (χ0v) is 6.84. The number of hydrogen-bond donors (Lipinski definition) is 0. The third-order valence-electron chi connectivity index (χ3n) is 1.32. The van der Waals surface area contributed by atoms with Crippen LogP contribution in [-0.4, -0.2) is 0 Å². The first-order chi connectivity index (χ1) is 3.00. The summed E-state index contributed by atoms with van der Waals surface area (Å²) in [7, 11) is 0. The Morgan fingerprint density at radius 2 is 1.43 bits per heavy atom. The van der Waals surface area contributed by atoms with Crippen LogP contribution in [0, 0.1) is 6.42 Å². The van der Waals surface area contributed by atoms with Crippen molar-refractivity contribution < 1.29 is 20.1 Å². The van der Waals surface area contributed by atoms with Crippen molar-refractivity contribution in [2.24, 2.45) is 0 Å². The molecule has 0 aromatic carbocycles. The van der Waals surface area contributed by atoms with Gasteiger partial charge in [0, 0.05) is 20.1 Å². The average molecular weight is 275 g/mol. The van der Waals surface area contributed by atoms with Gasteiger partial charge in [-0.1, -0.05) is 19.3 Å². The molecule has 1 fully saturated rings. The smallest absolute Gasteiger partial charge is 0 e. The summed E-state index contributed by atoms with van der Waals surface area (Å²) in [5.74, 6) is 0. The van der Waals surface area contributed by atoms with Crippen LogP contribution >= 0.6 is 0 Å². The third kappa shape index (κ3) is 3.25. The fraction of sp³-hybridized carbons (Fsp3) is 0.833. The molecule has 1 heteroatoms. The van der Waals surface area contributed by atoms with Gasteiger partial charge in [0.2, 0.25) is 0 Å². The van der Waals surface area contributed by atoms with Crippen LogP contribution in [0.4, 0.5) is 0 Å². The molecule has 1 rings (SSSR count). The van der Waals surface area contributed by atoms with Crippen LogP contribution in [-0.2, 0) is 20.1 Å². The van der Waals surface area contributed by atoms with Crippen LogP contribution in [0.15, 0.2) is 0 Å². The van der Waals surface area contributed by atoms with Gasteiger partial charge in [-0.2, -0.15) is 12.8 Å². The Labute approximate surface area is 59.0 Å². The maximum Gasteiger partial charge on any atom is 0 e. The van der Waals surface area contributed by atoms with Crippen molar-refractivity contribution in [2.45, 2.75) is 32.1 Å². The minimum Gasteiger partial charge on any atom is -0.328 e. The van der Waals surface area contributed by atoms with Gasteiger partial charge in [0.05, 0.1) is 0 Å². The molecule has 7 heavy (non-hydrogen) atoms. The molecule has 0 nitrogen and oxygen atoms in total. The summed E-state index contributed by atoms with van der Waals surface area (Å²) in [5.41, 5.74) is 0. The van der Waals surface area contributed by atoms with Crippen molar-refractivity contribution in [3.8, 4) is 0 Å². The van der Waals surface area contributed by atoms with E-state index in [2.05, 4.69) is 6.42 Å². The largest absolute Gasteiger partial charge is 0.328 e. The van der Waals surface area contributed by atoms with Crippen LogP contribution in [0.2, 0.25) is 0 Å². The van der Waals surface area contributed by atoms with Crippen LogP contribution in [0.5, 0.6) is 0 Å². The molecule has 0 bridgehead atoms. The quantitative estimate of drug-likeness (QED) is 0.594. The molecule has 0 saturated heterocycles. The van der Waals surface area contributed by atoms with Gasteiger partial charge < -0.3 is 6.42 Å². The molecule has 0 spiro atoms. The number of hydrogen-bond acceptors (Lipinski definition) is 0. The minimum atomic E-state index is 0. The maximum atomic E-state index is 2.39. The topological polar surface area (TPSA) is 0 Å². The second-order valence-corrected chi connectivity index (χ2v) is 1.93. The van der Waals surface area contributed by atoms with Crippen molar-refractivity contribution in [3.05, 3.63) is 6.42 Å². The molecule has 0 aliphatic heterocycles. The van der Waals surface area contributed by atoms with E-state index in [-0.39, 0.29) is 20.1 Å². The molecule has 1 saturated carbocycles. The van der Waals surface area contributed by atoms with E-state index in [0.29, 0.717) is 0 Å². The first kappa shape index (κ1) is 7.65. The first-order valence-corrected chi connectivity index (χ1v) is 2.82. The Morgan fingerprint density at radius 1 is 0.857 bits per heavy atom. The summed E-state index contributed by atoms with van der Waals surface area (Å²) >= 11 is 0. The van der Waals surface area contributed by atoms with E-state index >= 15 is 0 Å². The predicted molar refractivity (Wildman–Crippen MR) is 27.4 cm³/mol. The van der Waals surface area contributed by atoms with E-state index < -0.39 is 0 Å². The Kier molecular flexibility index (Phi) is 5.24. The zero-order valence-electron chi connectivity index (χ0n) is 4.45. The SMILES string of the molecule is [CH-]1CCCCC1.[Ir]. The van der Waals surface area contributed by atoms with E-state index in [1.54, 1.807) is 0 Å². The van der Waals surface area contributed by atoms with Crippen molar-refractivity contribution in [2.75, 3.05) is 0 Å². The molecule has 0 aromatic heterocycles. The van der Waals surface area contributed by atoms with E-state index in [9.17, 15) is 0 Å². The molecule has 0 heterocycles. The normalized spacial score (nSPS) is 20.6. The van der Waals surface area contributed by atoms with Crippen molar-refractivity contribution in [1.29, 1.82) is 0 Å². The molecular formula is C6H11Ir-. The van der Waals surface area contributed by atoms with Gasteiger partial charge in [0.1, 0.15) is 0 Å². The molecule has 0 unspecified atom stereocenters. The predicted octanol–water partition coefficient (Wildman–Crippen LogP) is 2.15. The second-order valence-electron chi connectivity index (χ2n) is 1.93. The molecule has 0 atom stereocenters. The minimum absolute atomic E-state index is 0. The summed E-state index contributed by atoms with van der Waals surface area (Å²) in [6.45, 7) is 0. The Bertz CT molecular complexity index is 19.7. The number of rotatable bonds is 0. The standard InChI is InChI=1S/C6H11.Ir/c1-2-4-6-5-3-1;/h1H,2-6H2;/q-1;. The van der Waals surface area contributed by atoms with E-state index in [1.165, 1.54) is 32.1 Å². The van der Waals surface area contributed by atoms with Gasteiger partial charge in [-0.3, -0.25) is 0 Å². The fourth-order valence-corrected chi connectivity index (χ4v) is 0.898. The van der Waals surface area contributed by atoms with Gasteiger partial charge in [0.15, 0.2) is 0 Å². The fourth-order valence-electron chi connectivity index (χ4n) is 0.898. The summed E-state index contributed by atoms with van der Waals surface area (Å²) in [6.07, 6.45) is 9.50. The molecule has 1 radical (unpaired) electrons. The molecule has 1 aliphatic rings. The van der Waals surface area contributed by atoms with E-state index in [4.69, 9.17) is 0 Å². The zero-order chi connectivity index (χ0) is 4.24. The van der Waals surface area contributed by atoms with Gasteiger partial charge in [0.25, 0.3) is 0 Å². The van der Waals surface area contributed by atoms with Gasteiger partial charge in [-0.25, -0.2) is 0 Å². The van der Waals surface area contributed by atoms with Crippen molar-refractivity contribution in [1.82, 2.24) is 0 Å². The summed E-state index contributed by atoms with van der Waals surface area (Å²) in [5, 5.41) is 0. The Morgan fingerprint density at radius 3 is 1.57 bits per heavy atom. The second kappa shape index (κ2) is 4.80. The first-order valence-electron chi connectivity index (χ1n) is 2.82. The Balaban J connectivity index is 0.000000360. The molecule has 45 valence electrons. The van der Waals surface area contributed by atoms with Crippen LogP contribution in [0.1, 0.15) is 32.1 Å². The maximum absolute atomic E-state index is 2.39. The molecular weight excluding hydrogens is 264 g/mol. The summed E-state index contributed by atoms with van der Waals surface area (Å²) < 4.78 is 0. The molecule has 0 aromatic rings. The van der Waals surface area contributed by atoms with Crippen molar-refractivity contribution >= 4 is 0 Å². The van der Waals surface area contributed by atoms with Gasteiger partial charge in [-0.15, -0.1) is 0 Å². The van der Waals surface area contributed by atoms with Crippen LogP contribution in [0.3, 0.4) is 0 Å².